The first-order chi connectivity index (χ1) is 11.8. The van der Waals surface area contributed by atoms with E-state index < -0.39 is 11.8 Å². The number of hydrogen-bond donors (Lipinski definition) is 0. The fraction of sp³-hybridized carbons (Fsp3) is 0.100. The van der Waals surface area contributed by atoms with Gasteiger partial charge in [0.15, 0.2) is 5.76 Å². The van der Waals surface area contributed by atoms with Crippen LogP contribution in [0.1, 0.15) is 12.5 Å². The van der Waals surface area contributed by atoms with Crippen LogP contribution in [0.25, 0.3) is 22.6 Å². The van der Waals surface area contributed by atoms with Gasteiger partial charge in [-0.2, -0.15) is 0 Å². The molecule has 0 aliphatic carbocycles. The Labute approximate surface area is 139 Å². The first kappa shape index (κ1) is 15.7. The van der Waals surface area contributed by atoms with Gasteiger partial charge in [-0.15, -0.1) is 6.58 Å². The molecule has 1 atom stereocenters. The molecule has 24 heavy (non-hydrogen) atoms. The third-order valence-corrected chi connectivity index (χ3v) is 3.87. The highest BCUT2D eigenvalue weighted by atomic mass is 16.4. The minimum Gasteiger partial charge on any atom is -0.407 e. The van der Waals surface area contributed by atoms with Crippen molar-refractivity contribution in [2.24, 2.45) is 0 Å². The highest BCUT2D eigenvalue weighted by Crippen LogP contribution is 2.33. The molecule has 0 unspecified atom stereocenters. The first-order valence-corrected chi connectivity index (χ1v) is 7.68. The summed E-state index contributed by atoms with van der Waals surface area (Å²) in [6, 6.07) is 18.5. The highest BCUT2D eigenvalue weighted by molar-refractivity contribution is 5.77. The molecule has 0 N–H and O–H groups in total. The molecule has 120 valence electrons. The summed E-state index contributed by atoms with van der Waals surface area (Å²) in [6.45, 7) is 3.75. The van der Waals surface area contributed by atoms with Gasteiger partial charge in [0.25, 0.3) is 0 Å². The number of rotatable bonds is 6. The van der Waals surface area contributed by atoms with Gasteiger partial charge in [-0.05, 0) is 0 Å². The van der Waals surface area contributed by atoms with E-state index in [9.17, 15) is 9.59 Å². The van der Waals surface area contributed by atoms with Crippen molar-refractivity contribution in [3.8, 4) is 22.6 Å². The number of nitrogens with zero attached hydrogens (tertiary/aromatic N) is 1. The van der Waals surface area contributed by atoms with Crippen molar-refractivity contribution in [3.63, 3.8) is 0 Å². The largest absolute Gasteiger partial charge is 0.420 e. The Morgan fingerprint density at radius 2 is 1.58 bits per heavy atom. The van der Waals surface area contributed by atoms with Crippen LogP contribution in [0.4, 0.5) is 0 Å². The van der Waals surface area contributed by atoms with E-state index in [0.29, 0.717) is 11.5 Å². The Hall–Kier alpha value is -3.14. The van der Waals surface area contributed by atoms with E-state index in [1.54, 1.807) is 6.08 Å². The SMILES string of the molecule is C=C[C@@H](CC=O)n1c(-c2ccccc2)c(-c2ccccc2)oc1=O. The minimum atomic E-state index is -0.501. The van der Waals surface area contributed by atoms with Crippen LogP contribution in [0.5, 0.6) is 0 Å². The third kappa shape index (κ3) is 2.86. The maximum atomic E-state index is 12.5. The van der Waals surface area contributed by atoms with Crippen molar-refractivity contribution in [1.29, 1.82) is 0 Å². The monoisotopic (exact) mass is 319 g/mol. The molecule has 0 fully saturated rings. The molecule has 2 aromatic carbocycles. The Kier molecular flexibility index (Phi) is 4.57. The van der Waals surface area contributed by atoms with E-state index in [1.807, 2.05) is 60.7 Å². The van der Waals surface area contributed by atoms with Gasteiger partial charge in [0, 0.05) is 17.5 Å². The lowest BCUT2D eigenvalue weighted by atomic mass is 10.0. The Balaban J connectivity index is 2.30. The molecule has 0 saturated heterocycles. The summed E-state index contributed by atoms with van der Waals surface area (Å²) in [6.07, 6.45) is 2.53. The zero-order chi connectivity index (χ0) is 16.9. The molecule has 3 rings (SSSR count). The zero-order valence-electron chi connectivity index (χ0n) is 13.1. The summed E-state index contributed by atoms with van der Waals surface area (Å²) in [5, 5.41) is 0. The Morgan fingerprint density at radius 1 is 1.00 bits per heavy atom. The summed E-state index contributed by atoms with van der Waals surface area (Å²) in [5.74, 6) is -0.0102. The number of carbonyl (C=O) groups excluding carboxylic acids is 1. The number of aromatic nitrogens is 1. The second-order valence-corrected chi connectivity index (χ2v) is 5.35. The Bertz CT molecular complexity index is 892. The van der Waals surface area contributed by atoms with Crippen LogP contribution < -0.4 is 5.76 Å². The molecule has 0 spiro atoms. The molecule has 0 aliphatic rings. The van der Waals surface area contributed by atoms with E-state index in [1.165, 1.54) is 4.57 Å². The molecule has 0 aliphatic heterocycles. The quantitative estimate of drug-likeness (QED) is 0.508. The second-order valence-electron chi connectivity index (χ2n) is 5.35. The van der Waals surface area contributed by atoms with Crippen LogP contribution in [-0.4, -0.2) is 10.9 Å². The van der Waals surface area contributed by atoms with E-state index in [2.05, 4.69) is 6.58 Å². The number of allylic oxidation sites excluding steroid dienone is 1. The van der Waals surface area contributed by atoms with Gasteiger partial charge >= 0.3 is 5.76 Å². The predicted octanol–water partition coefficient (Wildman–Crippen LogP) is 4.09. The third-order valence-electron chi connectivity index (χ3n) is 3.87. The lowest BCUT2D eigenvalue weighted by Crippen LogP contribution is -2.20. The lowest BCUT2D eigenvalue weighted by Gasteiger charge is -2.14. The number of hydrogen-bond acceptors (Lipinski definition) is 3. The second kappa shape index (κ2) is 6.96. The number of aldehydes is 1. The summed E-state index contributed by atoms with van der Waals surface area (Å²) in [5.41, 5.74) is 2.31. The number of oxazole rings is 1. The topological polar surface area (TPSA) is 52.2 Å². The van der Waals surface area contributed by atoms with E-state index >= 15 is 0 Å². The minimum absolute atomic E-state index is 0.164. The number of benzene rings is 2. The first-order valence-electron chi connectivity index (χ1n) is 7.68. The molecule has 1 aromatic heterocycles. The summed E-state index contributed by atoms with van der Waals surface area (Å²) in [4.78, 5) is 23.5. The summed E-state index contributed by atoms with van der Waals surface area (Å²) >= 11 is 0. The van der Waals surface area contributed by atoms with Crippen molar-refractivity contribution >= 4 is 6.29 Å². The van der Waals surface area contributed by atoms with Crippen molar-refractivity contribution in [2.45, 2.75) is 12.5 Å². The predicted molar refractivity (Wildman–Crippen MR) is 93.8 cm³/mol. The van der Waals surface area contributed by atoms with E-state index in [0.717, 1.165) is 17.4 Å². The van der Waals surface area contributed by atoms with Crippen molar-refractivity contribution in [1.82, 2.24) is 4.57 Å². The molecule has 0 saturated carbocycles. The van der Waals surface area contributed by atoms with Gasteiger partial charge in [0.2, 0.25) is 0 Å². The van der Waals surface area contributed by atoms with Gasteiger partial charge in [-0.25, -0.2) is 4.79 Å². The van der Waals surface area contributed by atoms with Gasteiger partial charge in [0.1, 0.15) is 6.29 Å². The molecule has 4 nitrogen and oxygen atoms in total. The van der Waals surface area contributed by atoms with Crippen molar-refractivity contribution in [2.75, 3.05) is 0 Å². The fourth-order valence-corrected chi connectivity index (χ4v) is 2.74. The maximum Gasteiger partial charge on any atom is 0.420 e. The van der Waals surface area contributed by atoms with Gasteiger partial charge in [0.05, 0.1) is 11.7 Å². The molecular weight excluding hydrogens is 302 g/mol. The van der Waals surface area contributed by atoms with Gasteiger partial charge in [-0.1, -0.05) is 66.7 Å². The molecule has 0 radical (unpaired) electrons. The standard InChI is InChI=1S/C20H17NO3/c1-2-17(13-14-22)21-18(15-9-5-3-6-10-15)19(24-20(21)23)16-11-7-4-8-12-16/h2-12,14,17H,1,13H2/t17-/m0/s1. The average Bonchev–Trinajstić information content (AvgIpc) is 2.98. The van der Waals surface area contributed by atoms with E-state index in [4.69, 9.17) is 4.42 Å². The molecule has 3 aromatic rings. The molecule has 4 heteroatoms. The Morgan fingerprint density at radius 3 is 2.12 bits per heavy atom. The fourth-order valence-electron chi connectivity index (χ4n) is 2.74. The number of carbonyl (C=O) groups is 1. The molecule has 1 heterocycles. The van der Waals surface area contributed by atoms with E-state index in [-0.39, 0.29) is 6.42 Å². The molecule has 0 bridgehead atoms. The smallest absolute Gasteiger partial charge is 0.407 e. The van der Waals surface area contributed by atoms with Crippen LogP contribution in [0.2, 0.25) is 0 Å². The van der Waals surface area contributed by atoms with Crippen LogP contribution >= 0.6 is 0 Å². The summed E-state index contributed by atoms with van der Waals surface area (Å²) in [7, 11) is 0. The summed E-state index contributed by atoms with van der Waals surface area (Å²) < 4.78 is 7.06. The van der Waals surface area contributed by atoms with Crippen LogP contribution in [0.15, 0.2) is 82.5 Å². The maximum absolute atomic E-state index is 12.5. The highest BCUT2D eigenvalue weighted by Gasteiger charge is 2.23. The normalized spacial score (nSPS) is 11.8. The zero-order valence-corrected chi connectivity index (χ0v) is 13.1. The van der Waals surface area contributed by atoms with Crippen LogP contribution in [0, 0.1) is 0 Å². The van der Waals surface area contributed by atoms with Gasteiger partial charge in [-0.3, -0.25) is 4.57 Å². The van der Waals surface area contributed by atoms with Crippen molar-refractivity contribution in [3.05, 3.63) is 83.9 Å². The van der Waals surface area contributed by atoms with Crippen LogP contribution in [0.3, 0.4) is 0 Å². The lowest BCUT2D eigenvalue weighted by molar-refractivity contribution is -0.108. The molecule has 0 amide bonds. The van der Waals surface area contributed by atoms with Crippen molar-refractivity contribution < 1.29 is 9.21 Å². The van der Waals surface area contributed by atoms with Crippen LogP contribution in [-0.2, 0) is 4.79 Å². The van der Waals surface area contributed by atoms with Gasteiger partial charge < -0.3 is 9.21 Å². The molecular formula is C20H17NO3. The average molecular weight is 319 g/mol.